The summed E-state index contributed by atoms with van der Waals surface area (Å²) >= 11 is 0. The molecule has 1 saturated carbocycles. The minimum Gasteiger partial charge on any atom is -0.384 e. The first-order chi connectivity index (χ1) is 9.65. The van der Waals surface area contributed by atoms with Crippen molar-refractivity contribution >= 4 is 5.91 Å². The van der Waals surface area contributed by atoms with Crippen LogP contribution in [0.3, 0.4) is 0 Å². The Hall–Kier alpha value is -1.79. The molecule has 0 spiro atoms. The van der Waals surface area contributed by atoms with Gasteiger partial charge < -0.3 is 10.4 Å². The molecular formula is C17H21NO2. The number of aliphatic hydroxyl groups excluding tert-OH is 1. The third-order valence-electron chi connectivity index (χ3n) is 3.69. The van der Waals surface area contributed by atoms with Crippen molar-refractivity contribution in [2.24, 2.45) is 5.92 Å². The maximum Gasteiger partial charge on any atom is 0.251 e. The van der Waals surface area contributed by atoms with Crippen LogP contribution >= 0.6 is 0 Å². The molecule has 2 N–H and O–H groups in total. The summed E-state index contributed by atoms with van der Waals surface area (Å²) < 4.78 is 0. The lowest BCUT2D eigenvalue weighted by atomic mass is 10.0. The van der Waals surface area contributed by atoms with E-state index in [0.717, 1.165) is 17.5 Å². The highest BCUT2D eigenvalue weighted by atomic mass is 16.2. The highest BCUT2D eigenvalue weighted by molar-refractivity contribution is 5.96. The number of carbonyl (C=O) groups is 1. The molecule has 0 saturated heterocycles. The molecule has 1 aromatic rings. The topological polar surface area (TPSA) is 49.3 Å². The van der Waals surface area contributed by atoms with Gasteiger partial charge in [0.2, 0.25) is 0 Å². The third kappa shape index (κ3) is 3.61. The fraction of sp³-hybridized carbons (Fsp3) is 0.471. The Bertz CT molecular complexity index is 554. The molecule has 2 atom stereocenters. The smallest absolute Gasteiger partial charge is 0.251 e. The fourth-order valence-corrected chi connectivity index (χ4v) is 2.45. The van der Waals surface area contributed by atoms with Crippen LogP contribution in [0.2, 0.25) is 0 Å². The van der Waals surface area contributed by atoms with E-state index in [9.17, 15) is 4.79 Å². The number of aryl methyl sites for hydroxylation is 1. The Morgan fingerprint density at radius 3 is 3.00 bits per heavy atom. The van der Waals surface area contributed by atoms with Crippen LogP contribution in [0.5, 0.6) is 0 Å². The van der Waals surface area contributed by atoms with Gasteiger partial charge >= 0.3 is 0 Å². The van der Waals surface area contributed by atoms with E-state index < -0.39 is 0 Å². The predicted molar refractivity (Wildman–Crippen MR) is 79.4 cm³/mol. The first kappa shape index (κ1) is 14.6. The van der Waals surface area contributed by atoms with Gasteiger partial charge in [-0.3, -0.25) is 4.79 Å². The number of hydrogen-bond acceptors (Lipinski definition) is 2. The van der Waals surface area contributed by atoms with E-state index in [1.807, 2.05) is 19.1 Å². The highest BCUT2D eigenvalue weighted by Crippen LogP contribution is 2.34. The van der Waals surface area contributed by atoms with Gasteiger partial charge in [0.15, 0.2) is 0 Å². The van der Waals surface area contributed by atoms with Crippen LogP contribution < -0.4 is 5.32 Å². The number of amides is 1. The van der Waals surface area contributed by atoms with Gasteiger partial charge in [-0.25, -0.2) is 0 Å². The SMILES string of the molecule is CCCC1CC1NC(=O)c1cc(C#CCO)ccc1C. The molecular weight excluding hydrogens is 250 g/mol. The van der Waals surface area contributed by atoms with E-state index in [2.05, 4.69) is 24.1 Å². The van der Waals surface area contributed by atoms with Crippen LogP contribution in [-0.4, -0.2) is 23.7 Å². The number of carbonyl (C=O) groups excluding carboxylic acids is 1. The van der Waals surface area contributed by atoms with Crippen molar-refractivity contribution in [2.75, 3.05) is 6.61 Å². The van der Waals surface area contributed by atoms with Gasteiger partial charge in [-0.1, -0.05) is 31.3 Å². The Balaban J connectivity index is 2.05. The zero-order valence-corrected chi connectivity index (χ0v) is 12.1. The zero-order chi connectivity index (χ0) is 14.5. The minimum absolute atomic E-state index is 0.0150. The van der Waals surface area contributed by atoms with Crippen molar-refractivity contribution in [3.63, 3.8) is 0 Å². The number of aliphatic hydroxyl groups is 1. The summed E-state index contributed by atoms with van der Waals surface area (Å²) in [6, 6.07) is 5.90. The van der Waals surface area contributed by atoms with Crippen LogP contribution in [0.25, 0.3) is 0 Å². The second-order valence-corrected chi connectivity index (χ2v) is 5.35. The molecule has 1 amide bonds. The van der Waals surface area contributed by atoms with Gasteiger partial charge in [-0.15, -0.1) is 0 Å². The summed E-state index contributed by atoms with van der Waals surface area (Å²) in [5.41, 5.74) is 2.39. The van der Waals surface area contributed by atoms with E-state index in [1.54, 1.807) is 6.07 Å². The molecule has 0 radical (unpaired) electrons. The second kappa shape index (κ2) is 6.58. The molecule has 106 valence electrons. The Labute approximate surface area is 120 Å². The van der Waals surface area contributed by atoms with Gasteiger partial charge in [0.05, 0.1) is 0 Å². The number of rotatable bonds is 4. The average Bonchev–Trinajstić information content (AvgIpc) is 3.16. The lowest BCUT2D eigenvalue weighted by molar-refractivity contribution is 0.0948. The molecule has 3 nitrogen and oxygen atoms in total. The lowest BCUT2D eigenvalue weighted by Crippen LogP contribution is -2.27. The summed E-state index contributed by atoms with van der Waals surface area (Å²) in [4.78, 5) is 12.3. The van der Waals surface area contributed by atoms with Crippen LogP contribution in [0.4, 0.5) is 0 Å². The minimum atomic E-state index is -0.170. The molecule has 1 aliphatic rings. The van der Waals surface area contributed by atoms with E-state index in [0.29, 0.717) is 17.5 Å². The molecule has 2 unspecified atom stereocenters. The molecule has 2 rings (SSSR count). The quantitative estimate of drug-likeness (QED) is 0.825. The van der Waals surface area contributed by atoms with Crippen LogP contribution in [0.1, 0.15) is 47.7 Å². The number of benzene rings is 1. The monoisotopic (exact) mass is 271 g/mol. The molecule has 0 bridgehead atoms. The van der Waals surface area contributed by atoms with Crippen molar-refractivity contribution in [1.82, 2.24) is 5.32 Å². The first-order valence-corrected chi connectivity index (χ1v) is 7.17. The molecule has 1 aromatic carbocycles. The van der Waals surface area contributed by atoms with Crippen LogP contribution in [-0.2, 0) is 0 Å². The second-order valence-electron chi connectivity index (χ2n) is 5.35. The first-order valence-electron chi connectivity index (χ1n) is 7.17. The summed E-state index contributed by atoms with van der Waals surface area (Å²) in [5, 5.41) is 11.8. The van der Waals surface area contributed by atoms with E-state index in [4.69, 9.17) is 5.11 Å². The van der Waals surface area contributed by atoms with Crippen LogP contribution in [0.15, 0.2) is 18.2 Å². The summed E-state index contributed by atoms with van der Waals surface area (Å²) in [5.74, 6) is 6.07. The zero-order valence-electron chi connectivity index (χ0n) is 12.1. The molecule has 20 heavy (non-hydrogen) atoms. The normalized spacial score (nSPS) is 19.9. The van der Waals surface area contributed by atoms with E-state index in [1.165, 1.54) is 12.8 Å². The lowest BCUT2D eigenvalue weighted by Gasteiger charge is -2.08. The van der Waals surface area contributed by atoms with Gasteiger partial charge in [0.25, 0.3) is 5.91 Å². The molecule has 0 heterocycles. The van der Waals surface area contributed by atoms with Gasteiger partial charge in [0, 0.05) is 17.2 Å². The standard InChI is InChI=1S/C17H21NO2/c1-3-5-14-11-16(14)18-17(20)15-10-13(6-4-9-19)8-7-12(15)2/h7-8,10,14,16,19H,3,5,9,11H2,1-2H3,(H,18,20). The summed E-state index contributed by atoms with van der Waals surface area (Å²) in [6.07, 6.45) is 3.46. The molecule has 1 aliphatic carbocycles. The highest BCUT2D eigenvalue weighted by Gasteiger charge is 2.37. The maximum atomic E-state index is 12.3. The van der Waals surface area contributed by atoms with Crippen molar-refractivity contribution in [2.45, 2.75) is 39.2 Å². The largest absolute Gasteiger partial charge is 0.384 e. The molecule has 0 aliphatic heterocycles. The number of hydrogen-bond donors (Lipinski definition) is 2. The van der Waals surface area contributed by atoms with Gasteiger partial charge in [-0.05, 0) is 43.4 Å². The molecule has 0 aromatic heterocycles. The van der Waals surface area contributed by atoms with Crippen molar-refractivity contribution in [1.29, 1.82) is 0 Å². The van der Waals surface area contributed by atoms with Gasteiger partial charge in [-0.2, -0.15) is 0 Å². The van der Waals surface area contributed by atoms with E-state index in [-0.39, 0.29) is 12.5 Å². The van der Waals surface area contributed by atoms with Crippen molar-refractivity contribution in [3.05, 3.63) is 34.9 Å². The maximum absolute atomic E-state index is 12.3. The van der Waals surface area contributed by atoms with E-state index >= 15 is 0 Å². The average molecular weight is 271 g/mol. The van der Waals surface area contributed by atoms with Gasteiger partial charge in [0.1, 0.15) is 6.61 Å². The summed E-state index contributed by atoms with van der Waals surface area (Å²) in [6.45, 7) is 3.93. The Morgan fingerprint density at radius 2 is 2.30 bits per heavy atom. The molecule has 1 fully saturated rings. The Morgan fingerprint density at radius 1 is 1.50 bits per heavy atom. The van der Waals surface area contributed by atoms with Crippen molar-refractivity contribution < 1.29 is 9.90 Å². The predicted octanol–water partition coefficient (Wildman–Crippen LogP) is 2.26. The molecule has 3 heteroatoms. The number of nitrogens with one attached hydrogen (secondary N) is 1. The summed E-state index contributed by atoms with van der Waals surface area (Å²) in [7, 11) is 0. The fourth-order valence-electron chi connectivity index (χ4n) is 2.45. The third-order valence-corrected chi connectivity index (χ3v) is 3.69. The van der Waals surface area contributed by atoms with Crippen molar-refractivity contribution in [3.8, 4) is 11.8 Å². The van der Waals surface area contributed by atoms with Crippen LogP contribution in [0, 0.1) is 24.7 Å². The Kier molecular flexibility index (Phi) is 4.81.